The number of nitrogens with zero attached hydrogens (tertiary/aromatic N) is 4. The number of fused-ring (bicyclic) bond motifs is 1. The second-order valence-electron chi connectivity index (χ2n) is 6.90. The zero-order valence-corrected chi connectivity index (χ0v) is 16.2. The van der Waals surface area contributed by atoms with Gasteiger partial charge in [0.25, 0.3) is 11.6 Å². The molecule has 0 saturated carbocycles. The number of benzene rings is 1. The summed E-state index contributed by atoms with van der Waals surface area (Å²) in [6.07, 6.45) is -4.69. The topological polar surface area (TPSA) is 72.2 Å². The van der Waals surface area contributed by atoms with Crippen LogP contribution in [-0.2, 0) is 17.4 Å². The SMILES string of the molecule is Cc1cc(C)c(NC(=O)Cc2c(C)nc3nc(C(F)(F)F)nn3c2C)c(C)c1. The number of carbonyl (C=O) groups excluding carboxylic acids is 1. The Morgan fingerprint density at radius 1 is 1.07 bits per heavy atom. The average molecular weight is 391 g/mol. The highest BCUT2D eigenvalue weighted by atomic mass is 19.4. The Hall–Kier alpha value is -2.97. The van der Waals surface area contributed by atoms with Gasteiger partial charge in [-0.15, -0.1) is 5.10 Å². The van der Waals surface area contributed by atoms with Crippen LogP contribution in [0.4, 0.5) is 18.9 Å². The van der Waals surface area contributed by atoms with Gasteiger partial charge in [0.05, 0.1) is 6.42 Å². The second-order valence-corrected chi connectivity index (χ2v) is 6.90. The first-order valence-corrected chi connectivity index (χ1v) is 8.65. The number of hydrogen-bond donors (Lipinski definition) is 1. The Labute approximate surface area is 159 Å². The van der Waals surface area contributed by atoms with E-state index >= 15 is 0 Å². The molecule has 0 radical (unpaired) electrons. The van der Waals surface area contributed by atoms with Gasteiger partial charge in [0.2, 0.25) is 5.91 Å². The molecule has 3 rings (SSSR count). The number of halogens is 3. The smallest absolute Gasteiger partial charge is 0.325 e. The lowest BCUT2D eigenvalue weighted by Crippen LogP contribution is -2.19. The Kier molecular flexibility index (Phi) is 4.86. The fourth-order valence-corrected chi connectivity index (χ4v) is 3.31. The maximum atomic E-state index is 12.9. The maximum Gasteiger partial charge on any atom is 0.453 e. The lowest BCUT2D eigenvalue weighted by atomic mass is 10.0. The van der Waals surface area contributed by atoms with Crippen LogP contribution in [0.3, 0.4) is 0 Å². The van der Waals surface area contributed by atoms with Crippen molar-refractivity contribution in [2.75, 3.05) is 5.32 Å². The molecule has 28 heavy (non-hydrogen) atoms. The van der Waals surface area contributed by atoms with E-state index in [1.807, 2.05) is 32.9 Å². The first kappa shape index (κ1) is 19.8. The highest BCUT2D eigenvalue weighted by Gasteiger charge is 2.37. The highest BCUT2D eigenvalue weighted by molar-refractivity contribution is 5.94. The lowest BCUT2D eigenvalue weighted by molar-refractivity contribution is -0.144. The monoisotopic (exact) mass is 391 g/mol. The van der Waals surface area contributed by atoms with Crippen LogP contribution in [0.2, 0.25) is 0 Å². The number of anilines is 1. The van der Waals surface area contributed by atoms with E-state index in [0.29, 0.717) is 17.0 Å². The van der Waals surface area contributed by atoms with E-state index in [0.717, 1.165) is 26.9 Å². The molecule has 0 spiro atoms. The van der Waals surface area contributed by atoms with Crippen LogP contribution in [0.25, 0.3) is 5.78 Å². The van der Waals surface area contributed by atoms with Crippen LogP contribution in [0, 0.1) is 34.6 Å². The number of carbonyl (C=O) groups is 1. The second kappa shape index (κ2) is 6.88. The van der Waals surface area contributed by atoms with Gasteiger partial charge < -0.3 is 5.32 Å². The van der Waals surface area contributed by atoms with Gasteiger partial charge in [0.1, 0.15) is 0 Å². The van der Waals surface area contributed by atoms with Crippen LogP contribution in [0.5, 0.6) is 0 Å². The van der Waals surface area contributed by atoms with Crippen molar-refractivity contribution in [3.8, 4) is 0 Å². The summed E-state index contributed by atoms with van der Waals surface area (Å²) < 4.78 is 39.7. The van der Waals surface area contributed by atoms with E-state index in [9.17, 15) is 18.0 Å². The number of aromatic nitrogens is 4. The largest absolute Gasteiger partial charge is 0.453 e. The minimum Gasteiger partial charge on any atom is -0.325 e. The average Bonchev–Trinajstić information content (AvgIpc) is 2.99. The van der Waals surface area contributed by atoms with Gasteiger partial charge in [-0.2, -0.15) is 18.2 Å². The third kappa shape index (κ3) is 3.69. The van der Waals surface area contributed by atoms with Crippen LogP contribution >= 0.6 is 0 Å². The molecule has 0 fully saturated rings. The number of alkyl halides is 3. The molecule has 2 aromatic heterocycles. The minimum atomic E-state index is -4.66. The Morgan fingerprint density at radius 2 is 1.68 bits per heavy atom. The third-order valence-corrected chi connectivity index (χ3v) is 4.58. The standard InChI is InChI=1S/C19H20F3N5O/c1-9-6-10(2)16(11(3)7-9)24-15(28)8-14-12(4)23-18-25-17(19(20,21)22)26-27(18)13(14)5/h6-7H,8H2,1-5H3,(H,24,28). The first-order valence-electron chi connectivity index (χ1n) is 8.65. The molecular formula is C19H20F3N5O. The summed E-state index contributed by atoms with van der Waals surface area (Å²) in [5.41, 5.74) is 5.08. The Morgan fingerprint density at radius 3 is 2.25 bits per heavy atom. The maximum absolute atomic E-state index is 12.9. The molecule has 1 amide bonds. The van der Waals surface area contributed by atoms with Gasteiger partial charge in [-0.05, 0) is 45.7 Å². The van der Waals surface area contributed by atoms with Crippen LogP contribution < -0.4 is 5.32 Å². The lowest BCUT2D eigenvalue weighted by Gasteiger charge is -2.14. The molecule has 0 aliphatic carbocycles. The quantitative estimate of drug-likeness (QED) is 0.736. The van der Waals surface area contributed by atoms with Gasteiger partial charge in [-0.25, -0.2) is 9.50 Å². The zero-order chi connectivity index (χ0) is 20.8. The van der Waals surface area contributed by atoms with Crippen molar-refractivity contribution >= 4 is 17.4 Å². The van der Waals surface area contributed by atoms with E-state index in [1.165, 1.54) is 0 Å². The molecule has 0 unspecified atom stereocenters. The van der Waals surface area contributed by atoms with Crippen LogP contribution in [-0.4, -0.2) is 25.5 Å². The number of amides is 1. The molecule has 3 aromatic rings. The molecule has 1 N–H and O–H groups in total. The number of rotatable bonds is 3. The summed E-state index contributed by atoms with van der Waals surface area (Å²) >= 11 is 0. The van der Waals surface area contributed by atoms with Gasteiger partial charge in [0.15, 0.2) is 0 Å². The van der Waals surface area contributed by atoms with Crippen molar-refractivity contribution in [3.05, 3.63) is 51.6 Å². The van der Waals surface area contributed by atoms with Gasteiger partial charge in [0, 0.05) is 22.6 Å². The molecule has 1 aromatic carbocycles. The van der Waals surface area contributed by atoms with Crippen molar-refractivity contribution in [2.45, 2.75) is 47.2 Å². The predicted octanol–water partition coefficient (Wildman–Crippen LogP) is 3.87. The molecule has 0 atom stereocenters. The molecule has 148 valence electrons. The van der Waals surface area contributed by atoms with E-state index < -0.39 is 12.0 Å². The molecule has 0 saturated heterocycles. The number of hydrogen-bond acceptors (Lipinski definition) is 4. The molecule has 2 heterocycles. The Bertz CT molecular complexity index is 1060. The predicted molar refractivity (Wildman–Crippen MR) is 98.2 cm³/mol. The summed E-state index contributed by atoms with van der Waals surface area (Å²) in [7, 11) is 0. The van der Waals surface area contributed by atoms with Gasteiger partial charge >= 0.3 is 6.18 Å². The van der Waals surface area contributed by atoms with Crippen molar-refractivity contribution in [3.63, 3.8) is 0 Å². The van der Waals surface area contributed by atoms with E-state index in [1.54, 1.807) is 13.8 Å². The van der Waals surface area contributed by atoms with Crippen molar-refractivity contribution < 1.29 is 18.0 Å². The van der Waals surface area contributed by atoms with Crippen molar-refractivity contribution in [1.82, 2.24) is 19.6 Å². The van der Waals surface area contributed by atoms with Gasteiger partial charge in [-0.1, -0.05) is 17.7 Å². The minimum absolute atomic E-state index is 0.0332. The number of nitrogens with one attached hydrogen (secondary N) is 1. The van der Waals surface area contributed by atoms with Crippen LogP contribution in [0.15, 0.2) is 12.1 Å². The number of aryl methyl sites for hydroxylation is 5. The van der Waals surface area contributed by atoms with E-state index in [2.05, 4.69) is 20.4 Å². The van der Waals surface area contributed by atoms with Gasteiger partial charge in [-0.3, -0.25) is 4.79 Å². The normalized spacial score (nSPS) is 11.9. The summed E-state index contributed by atoms with van der Waals surface area (Å²) in [6, 6.07) is 3.95. The summed E-state index contributed by atoms with van der Waals surface area (Å²) in [5, 5.41) is 6.40. The molecule has 0 aliphatic heterocycles. The molecule has 9 heteroatoms. The summed E-state index contributed by atoms with van der Waals surface area (Å²) in [6.45, 7) is 9.04. The third-order valence-electron chi connectivity index (χ3n) is 4.58. The fourth-order valence-electron chi connectivity index (χ4n) is 3.31. The zero-order valence-electron chi connectivity index (χ0n) is 16.2. The molecule has 0 bridgehead atoms. The van der Waals surface area contributed by atoms with Crippen molar-refractivity contribution in [1.29, 1.82) is 0 Å². The van der Waals surface area contributed by atoms with E-state index in [-0.39, 0.29) is 18.1 Å². The summed E-state index contributed by atoms with van der Waals surface area (Å²) in [5.74, 6) is -1.68. The molecular weight excluding hydrogens is 371 g/mol. The Balaban J connectivity index is 1.93. The van der Waals surface area contributed by atoms with Crippen LogP contribution in [0.1, 0.15) is 39.5 Å². The van der Waals surface area contributed by atoms with E-state index in [4.69, 9.17) is 0 Å². The molecule has 6 nitrogen and oxygen atoms in total. The summed E-state index contributed by atoms with van der Waals surface area (Å²) in [4.78, 5) is 20.1. The fraction of sp³-hybridized carbons (Fsp3) is 0.368. The first-order chi connectivity index (χ1) is 13.0. The molecule has 0 aliphatic rings. The highest BCUT2D eigenvalue weighted by Crippen LogP contribution is 2.27. The van der Waals surface area contributed by atoms with Crippen molar-refractivity contribution in [2.24, 2.45) is 0 Å².